The number of anilines is 1. The summed E-state index contributed by atoms with van der Waals surface area (Å²) in [5, 5.41) is 8.79. The smallest absolute Gasteiger partial charge is 0.335 e. The first-order valence-corrected chi connectivity index (χ1v) is 5.76. The first kappa shape index (κ1) is 13.1. The molecule has 1 heterocycles. The minimum absolute atomic E-state index is 0.0610. The average molecular weight is 263 g/mol. The summed E-state index contributed by atoms with van der Waals surface area (Å²) in [6, 6.07) is 5.71. The van der Waals surface area contributed by atoms with Crippen LogP contribution < -0.4 is 4.90 Å². The zero-order chi connectivity index (χ0) is 14.0. The number of carboxylic acid groups (broad SMARTS) is 1. The number of halogens is 1. The largest absolute Gasteiger partial charge is 0.478 e. The molecule has 0 bridgehead atoms. The quantitative estimate of drug-likeness (QED) is 0.921. The lowest BCUT2D eigenvalue weighted by Crippen LogP contribution is -2.18. The molecule has 100 valence electrons. The van der Waals surface area contributed by atoms with Crippen LogP contribution in [0, 0.1) is 12.7 Å². The lowest BCUT2D eigenvalue weighted by molar-refractivity contribution is 0.0696. The zero-order valence-corrected chi connectivity index (χ0v) is 10.7. The number of aromatic carboxylic acids is 1. The van der Waals surface area contributed by atoms with Crippen LogP contribution in [0.3, 0.4) is 0 Å². The molecule has 0 spiro atoms. The Labute approximate surface area is 110 Å². The minimum Gasteiger partial charge on any atom is -0.478 e. The molecule has 0 aliphatic carbocycles. The number of carboxylic acids is 1. The number of rotatable bonds is 4. The van der Waals surface area contributed by atoms with E-state index in [1.165, 1.54) is 12.1 Å². The van der Waals surface area contributed by atoms with Crippen molar-refractivity contribution in [2.45, 2.75) is 13.5 Å². The second kappa shape index (κ2) is 5.14. The molecule has 0 saturated carbocycles. The predicted molar refractivity (Wildman–Crippen MR) is 68.9 cm³/mol. The third-order valence-electron chi connectivity index (χ3n) is 2.98. The van der Waals surface area contributed by atoms with Gasteiger partial charge in [-0.3, -0.25) is 0 Å². The van der Waals surface area contributed by atoms with E-state index in [0.717, 1.165) is 17.4 Å². The second-order valence-corrected chi connectivity index (χ2v) is 4.33. The van der Waals surface area contributed by atoms with Crippen LogP contribution in [-0.2, 0) is 6.54 Å². The summed E-state index contributed by atoms with van der Waals surface area (Å²) >= 11 is 0. The van der Waals surface area contributed by atoms with E-state index in [2.05, 4.69) is 0 Å². The molecule has 4 nitrogen and oxygen atoms in total. The Hall–Kier alpha value is -2.30. The van der Waals surface area contributed by atoms with E-state index < -0.39 is 11.8 Å². The molecule has 0 aliphatic heterocycles. The standard InChI is InChI=1S/C14H14FNO3/c1-9-11(5-6-19-9)8-16(2)13-4-3-10(14(17)18)7-12(13)15/h3-7H,8H2,1-2H3,(H,17,18). The molecule has 2 rings (SSSR count). The normalized spacial score (nSPS) is 10.5. The summed E-state index contributed by atoms with van der Waals surface area (Å²) in [5.41, 5.74) is 1.25. The van der Waals surface area contributed by atoms with Gasteiger partial charge in [-0.1, -0.05) is 0 Å². The van der Waals surface area contributed by atoms with Gasteiger partial charge in [0, 0.05) is 19.2 Å². The fraction of sp³-hybridized carbons (Fsp3) is 0.214. The number of hydrogen-bond acceptors (Lipinski definition) is 3. The van der Waals surface area contributed by atoms with Crippen LogP contribution in [0.25, 0.3) is 0 Å². The van der Waals surface area contributed by atoms with Crippen molar-refractivity contribution in [1.29, 1.82) is 0 Å². The van der Waals surface area contributed by atoms with Gasteiger partial charge in [-0.05, 0) is 31.2 Å². The van der Waals surface area contributed by atoms with E-state index in [1.54, 1.807) is 18.2 Å². The first-order chi connectivity index (χ1) is 8.99. The summed E-state index contributed by atoms with van der Waals surface area (Å²) < 4.78 is 19.0. The molecule has 0 radical (unpaired) electrons. The molecule has 0 saturated heterocycles. The molecule has 0 amide bonds. The van der Waals surface area contributed by atoms with Gasteiger partial charge in [-0.25, -0.2) is 9.18 Å². The molecule has 0 atom stereocenters. The number of nitrogens with zero attached hydrogens (tertiary/aromatic N) is 1. The minimum atomic E-state index is -1.14. The summed E-state index contributed by atoms with van der Waals surface area (Å²) in [7, 11) is 1.74. The topological polar surface area (TPSA) is 53.7 Å². The van der Waals surface area contributed by atoms with Crippen molar-refractivity contribution in [3.63, 3.8) is 0 Å². The van der Waals surface area contributed by atoms with Crippen molar-refractivity contribution in [1.82, 2.24) is 0 Å². The highest BCUT2D eigenvalue weighted by Gasteiger charge is 2.13. The molecule has 1 aromatic heterocycles. The van der Waals surface area contributed by atoms with Gasteiger partial charge in [0.25, 0.3) is 0 Å². The van der Waals surface area contributed by atoms with Gasteiger partial charge in [0.05, 0.1) is 17.5 Å². The van der Waals surface area contributed by atoms with E-state index in [0.29, 0.717) is 12.2 Å². The average Bonchev–Trinajstić information content (AvgIpc) is 2.74. The van der Waals surface area contributed by atoms with E-state index in [4.69, 9.17) is 9.52 Å². The molecular weight excluding hydrogens is 249 g/mol. The van der Waals surface area contributed by atoms with Gasteiger partial charge in [-0.2, -0.15) is 0 Å². The van der Waals surface area contributed by atoms with E-state index in [1.807, 2.05) is 13.0 Å². The van der Waals surface area contributed by atoms with Crippen molar-refractivity contribution in [2.75, 3.05) is 11.9 Å². The van der Waals surface area contributed by atoms with Crippen LogP contribution in [0.2, 0.25) is 0 Å². The summed E-state index contributed by atoms with van der Waals surface area (Å²) in [4.78, 5) is 12.4. The molecule has 0 fully saturated rings. The molecule has 1 aromatic carbocycles. The van der Waals surface area contributed by atoms with Crippen LogP contribution in [0.15, 0.2) is 34.9 Å². The van der Waals surface area contributed by atoms with Gasteiger partial charge in [0.15, 0.2) is 0 Å². The third kappa shape index (κ3) is 2.76. The lowest BCUT2D eigenvalue weighted by Gasteiger charge is -2.19. The van der Waals surface area contributed by atoms with Crippen LogP contribution >= 0.6 is 0 Å². The van der Waals surface area contributed by atoms with Crippen molar-refractivity contribution in [3.05, 3.63) is 53.2 Å². The van der Waals surface area contributed by atoms with Crippen LogP contribution in [0.5, 0.6) is 0 Å². The summed E-state index contributed by atoms with van der Waals surface area (Å²) in [6.45, 7) is 2.33. The fourth-order valence-corrected chi connectivity index (χ4v) is 1.87. The second-order valence-electron chi connectivity index (χ2n) is 4.33. The number of furan rings is 1. The molecule has 19 heavy (non-hydrogen) atoms. The highest BCUT2D eigenvalue weighted by molar-refractivity contribution is 5.88. The first-order valence-electron chi connectivity index (χ1n) is 5.76. The highest BCUT2D eigenvalue weighted by Crippen LogP contribution is 2.22. The Morgan fingerprint density at radius 1 is 1.42 bits per heavy atom. The molecule has 0 unspecified atom stereocenters. The Balaban J connectivity index is 2.22. The van der Waals surface area contributed by atoms with Gasteiger partial charge in [0.2, 0.25) is 0 Å². The number of carbonyl (C=O) groups is 1. The maximum absolute atomic E-state index is 13.9. The van der Waals surface area contributed by atoms with Crippen molar-refractivity contribution >= 4 is 11.7 Å². The Bertz CT molecular complexity index is 606. The Kier molecular flexibility index (Phi) is 3.55. The molecular formula is C14H14FNO3. The molecule has 0 aliphatic rings. The monoisotopic (exact) mass is 263 g/mol. The van der Waals surface area contributed by atoms with Crippen LogP contribution in [0.4, 0.5) is 10.1 Å². The number of hydrogen-bond donors (Lipinski definition) is 1. The Morgan fingerprint density at radius 2 is 2.16 bits per heavy atom. The van der Waals surface area contributed by atoms with E-state index >= 15 is 0 Å². The molecule has 1 N–H and O–H groups in total. The predicted octanol–water partition coefficient (Wildman–Crippen LogP) is 3.06. The third-order valence-corrected chi connectivity index (χ3v) is 2.98. The highest BCUT2D eigenvalue weighted by atomic mass is 19.1. The van der Waals surface area contributed by atoms with Gasteiger partial charge in [-0.15, -0.1) is 0 Å². The van der Waals surface area contributed by atoms with Gasteiger partial charge < -0.3 is 14.4 Å². The fourth-order valence-electron chi connectivity index (χ4n) is 1.87. The molecule has 2 aromatic rings. The maximum Gasteiger partial charge on any atom is 0.335 e. The lowest BCUT2D eigenvalue weighted by atomic mass is 10.1. The number of benzene rings is 1. The van der Waals surface area contributed by atoms with E-state index in [-0.39, 0.29) is 5.56 Å². The Morgan fingerprint density at radius 3 is 2.68 bits per heavy atom. The van der Waals surface area contributed by atoms with Crippen molar-refractivity contribution in [2.24, 2.45) is 0 Å². The SMILES string of the molecule is Cc1occc1CN(C)c1ccc(C(=O)O)cc1F. The summed E-state index contributed by atoms with van der Waals surface area (Å²) in [6.07, 6.45) is 1.59. The van der Waals surface area contributed by atoms with Crippen molar-refractivity contribution in [3.8, 4) is 0 Å². The molecule has 5 heteroatoms. The summed E-state index contributed by atoms with van der Waals surface area (Å²) in [5.74, 6) is -0.906. The van der Waals surface area contributed by atoms with Crippen molar-refractivity contribution < 1.29 is 18.7 Å². The van der Waals surface area contributed by atoms with Crippen LogP contribution in [-0.4, -0.2) is 18.1 Å². The zero-order valence-electron chi connectivity index (χ0n) is 10.7. The van der Waals surface area contributed by atoms with Gasteiger partial charge >= 0.3 is 5.97 Å². The van der Waals surface area contributed by atoms with Crippen LogP contribution in [0.1, 0.15) is 21.7 Å². The number of aryl methyl sites for hydroxylation is 1. The van der Waals surface area contributed by atoms with E-state index in [9.17, 15) is 9.18 Å². The van der Waals surface area contributed by atoms with Gasteiger partial charge in [0.1, 0.15) is 11.6 Å². The maximum atomic E-state index is 13.9.